The minimum Gasteiger partial charge on any atom is -0.485 e. The van der Waals surface area contributed by atoms with Crippen molar-refractivity contribution in [3.8, 4) is 5.75 Å². The van der Waals surface area contributed by atoms with Gasteiger partial charge in [-0.1, -0.05) is 13.8 Å². The summed E-state index contributed by atoms with van der Waals surface area (Å²) in [4.78, 5) is 54.2. The normalized spacial score (nSPS) is 11.5. The van der Waals surface area contributed by atoms with Gasteiger partial charge in [0.2, 0.25) is 11.9 Å². The number of carboxylic acid groups (broad SMARTS) is 2. The second-order valence-electron chi connectivity index (χ2n) is 12.5. The maximum absolute atomic E-state index is 14.9. The van der Waals surface area contributed by atoms with E-state index in [4.69, 9.17) is 33.9 Å². The van der Waals surface area contributed by atoms with E-state index in [0.717, 1.165) is 11.9 Å². The molecule has 1 heterocycles. The number of carbonyl (C=O) groups excluding carboxylic acids is 2. The van der Waals surface area contributed by atoms with Gasteiger partial charge in [-0.05, 0) is 62.3 Å². The summed E-state index contributed by atoms with van der Waals surface area (Å²) in [6.07, 6.45) is 3.76. The maximum Gasteiger partial charge on any atom is 0.329 e. The molecule has 0 fully saturated rings. The zero-order valence-corrected chi connectivity index (χ0v) is 30.1. The lowest BCUT2D eigenvalue weighted by Gasteiger charge is -2.35. The molecular weight excluding hydrogens is 693 g/mol. The number of amides is 2. The number of nitrogens with zero attached hydrogens (tertiary/aromatic N) is 2. The first kappa shape index (κ1) is 43.1. The molecular formula is C33H48FN5O11S. The Hall–Kier alpha value is -4.10. The molecule has 0 bridgehead atoms. The van der Waals surface area contributed by atoms with Gasteiger partial charge in [0.05, 0.1) is 45.2 Å². The van der Waals surface area contributed by atoms with Crippen LogP contribution in [0.25, 0.3) is 0 Å². The van der Waals surface area contributed by atoms with Crippen LogP contribution in [0.15, 0.2) is 35.5 Å². The third kappa shape index (κ3) is 19.8. The molecule has 1 aromatic carbocycles. The van der Waals surface area contributed by atoms with E-state index in [-0.39, 0.29) is 101 Å². The van der Waals surface area contributed by atoms with Gasteiger partial charge in [0.15, 0.2) is 11.6 Å². The lowest BCUT2D eigenvalue weighted by Crippen LogP contribution is -2.35. The van der Waals surface area contributed by atoms with Gasteiger partial charge in [-0.3, -0.25) is 19.1 Å². The van der Waals surface area contributed by atoms with Crippen LogP contribution in [0.2, 0.25) is 0 Å². The lowest BCUT2D eigenvalue weighted by molar-refractivity contribution is -0.143. The summed E-state index contributed by atoms with van der Waals surface area (Å²) in [5, 5.41) is 22.7. The molecule has 51 heavy (non-hydrogen) atoms. The molecule has 18 heteroatoms. The topological polar surface area (TPSA) is 217 Å². The minimum atomic E-state index is -1.05. The van der Waals surface area contributed by atoms with E-state index in [0.29, 0.717) is 17.7 Å². The Morgan fingerprint density at radius 2 is 1.43 bits per heavy atom. The van der Waals surface area contributed by atoms with Crippen LogP contribution in [-0.2, 0) is 33.3 Å². The maximum atomic E-state index is 14.9. The first-order valence-corrected chi connectivity index (χ1v) is 17.0. The van der Waals surface area contributed by atoms with Crippen molar-refractivity contribution in [2.45, 2.75) is 57.5 Å². The standard InChI is InChI=1S/C33H48FN5O11S/c1-32(2,8-7-28(41)42)22-33(3,4)50-26-6-5-24(17-25(26)34)51-39-31-37-18-23(19-38-31)30(45)36-10-12-47-13-15-48-20-27(40)35-9-11-46-14-16-49-21-29(43)44/h5-6,17-19H,7-16,20-22H2,1-4H3,(H,35,40)(H,36,45)(H,41,42)(H,43,44)(H,37,38,39). The van der Waals surface area contributed by atoms with Gasteiger partial charge in [0.1, 0.15) is 18.8 Å². The predicted molar refractivity (Wildman–Crippen MR) is 184 cm³/mol. The molecule has 0 radical (unpaired) electrons. The van der Waals surface area contributed by atoms with Crippen LogP contribution < -0.4 is 20.1 Å². The first-order valence-electron chi connectivity index (χ1n) is 16.2. The van der Waals surface area contributed by atoms with E-state index in [2.05, 4.69) is 25.3 Å². The van der Waals surface area contributed by atoms with Gasteiger partial charge in [0.25, 0.3) is 5.91 Å². The van der Waals surface area contributed by atoms with Crippen LogP contribution in [0.5, 0.6) is 5.75 Å². The number of anilines is 1. The van der Waals surface area contributed by atoms with Crippen LogP contribution in [0, 0.1) is 11.2 Å². The van der Waals surface area contributed by atoms with E-state index in [1.54, 1.807) is 6.07 Å². The van der Waals surface area contributed by atoms with Gasteiger partial charge in [-0.2, -0.15) is 0 Å². The molecule has 0 spiro atoms. The third-order valence-electron chi connectivity index (χ3n) is 6.69. The van der Waals surface area contributed by atoms with E-state index >= 15 is 0 Å². The molecule has 0 unspecified atom stereocenters. The highest BCUT2D eigenvalue weighted by molar-refractivity contribution is 8.00. The van der Waals surface area contributed by atoms with E-state index in [1.807, 2.05) is 27.7 Å². The van der Waals surface area contributed by atoms with E-state index in [9.17, 15) is 23.6 Å². The fraction of sp³-hybridized carbons (Fsp3) is 0.576. The molecule has 16 nitrogen and oxygen atoms in total. The molecule has 1 aromatic heterocycles. The fourth-order valence-corrected chi connectivity index (χ4v) is 5.28. The first-order chi connectivity index (χ1) is 24.2. The Kier molecular flexibility index (Phi) is 19.1. The number of ether oxygens (including phenoxy) is 5. The number of rotatable bonds is 27. The number of nitrogens with one attached hydrogen (secondary N) is 3. The number of halogens is 1. The number of carbonyl (C=O) groups is 4. The Morgan fingerprint density at radius 3 is 2.04 bits per heavy atom. The number of benzene rings is 1. The van der Waals surface area contributed by atoms with Crippen LogP contribution in [-0.4, -0.2) is 115 Å². The van der Waals surface area contributed by atoms with Crippen molar-refractivity contribution in [3.63, 3.8) is 0 Å². The minimum absolute atomic E-state index is 0.0503. The molecule has 2 rings (SSSR count). The molecule has 0 saturated carbocycles. The molecule has 2 amide bonds. The highest BCUT2D eigenvalue weighted by atomic mass is 32.2. The largest absolute Gasteiger partial charge is 0.485 e. The SMILES string of the molecule is CC(C)(CCC(=O)O)CC(C)(C)Oc1ccc(SNc2ncc(C(=O)NCCOCCOCC(=O)NCCOCCOCC(=O)O)cn2)cc1F. The van der Waals surface area contributed by atoms with Crippen molar-refractivity contribution >= 4 is 41.6 Å². The van der Waals surface area contributed by atoms with Gasteiger partial charge >= 0.3 is 11.9 Å². The Labute approximate surface area is 300 Å². The van der Waals surface area contributed by atoms with Crippen LogP contribution >= 0.6 is 11.9 Å². The van der Waals surface area contributed by atoms with Crippen LogP contribution in [0.1, 0.15) is 57.3 Å². The number of carboxylic acids is 2. The summed E-state index contributed by atoms with van der Waals surface area (Å²) in [7, 11) is 0. The molecule has 2 aromatic rings. The Bertz CT molecular complexity index is 1400. The smallest absolute Gasteiger partial charge is 0.329 e. The monoisotopic (exact) mass is 741 g/mol. The van der Waals surface area contributed by atoms with Crippen molar-refractivity contribution in [2.24, 2.45) is 5.41 Å². The summed E-state index contributed by atoms with van der Waals surface area (Å²) >= 11 is 1.08. The molecule has 0 aliphatic heterocycles. The van der Waals surface area contributed by atoms with Crippen molar-refractivity contribution in [1.29, 1.82) is 0 Å². The van der Waals surface area contributed by atoms with E-state index < -0.39 is 29.3 Å². The zero-order valence-electron chi connectivity index (χ0n) is 29.3. The molecule has 0 atom stereocenters. The number of aromatic nitrogens is 2. The van der Waals surface area contributed by atoms with Crippen LogP contribution in [0.4, 0.5) is 10.3 Å². The molecule has 284 valence electrons. The quantitative estimate of drug-likeness (QED) is 0.0657. The summed E-state index contributed by atoms with van der Waals surface area (Å²) in [5.41, 5.74) is -0.809. The van der Waals surface area contributed by atoms with Gasteiger partial charge in [-0.25, -0.2) is 19.2 Å². The molecule has 5 N–H and O–H groups in total. The lowest BCUT2D eigenvalue weighted by atomic mass is 9.78. The predicted octanol–water partition coefficient (Wildman–Crippen LogP) is 3.17. The van der Waals surface area contributed by atoms with Crippen molar-refractivity contribution < 1.29 is 57.5 Å². The van der Waals surface area contributed by atoms with Crippen molar-refractivity contribution in [2.75, 3.05) is 70.7 Å². The fourth-order valence-electron chi connectivity index (χ4n) is 4.67. The average Bonchev–Trinajstić information content (AvgIpc) is 3.06. The van der Waals surface area contributed by atoms with Crippen molar-refractivity contribution in [1.82, 2.24) is 20.6 Å². The highest BCUT2D eigenvalue weighted by Gasteiger charge is 2.31. The molecule has 0 aliphatic rings. The van der Waals surface area contributed by atoms with Crippen LogP contribution in [0.3, 0.4) is 0 Å². The van der Waals surface area contributed by atoms with Crippen molar-refractivity contribution in [3.05, 3.63) is 42.0 Å². The van der Waals surface area contributed by atoms with Gasteiger partial charge < -0.3 is 44.5 Å². The molecule has 0 aliphatic carbocycles. The summed E-state index contributed by atoms with van der Waals surface area (Å²) in [5.74, 6) is -2.88. The van der Waals surface area contributed by atoms with E-state index in [1.165, 1.54) is 24.5 Å². The second-order valence-corrected chi connectivity index (χ2v) is 13.4. The zero-order chi connectivity index (χ0) is 37.7. The average molecular weight is 742 g/mol. The third-order valence-corrected chi connectivity index (χ3v) is 7.46. The second kappa shape index (κ2) is 22.7. The van der Waals surface area contributed by atoms with Gasteiger partial charge in [-0.15, -0.1) is 0 Å². The summed E-state index contributed by atoms with van der Waals surface area (Å²) < 4.78 is 44.4. The Balaban J connectivity index is 1.59. The summed E-state index contributed by atoms with van der Waals surface area (Å²) in [6, 6.07) is 4.53. The number of hydrogen-bond donors (Lipinski definition) is 5. The Morgan fingerprint density at radius 1 is 0.824 bits per heavy atom. The highest BCUT2D eigenvalue weighted by Crippen LogP contribution is 2.36. The molecule has 0 saturated heterocycles. The van der Waals surface area contributed by atoms with Gasteiger partial charge in [0, 0.05) is 36.8 Å². The summed E-state index contributed by atoms with van der Waals surface area (Å²) in [6.45, 7) is 8.79. The number of hydrogen-bond acceptors (Lipinski definition) is 13. The number of aliphatic carboxylic acids is 2.